The summed E-state index contributed by atoms with van der Waals surface area (Å²) in [6.45, 7) is 8.45. The Morgan fingerprint density at radius 3 is 2.70 bits per heavy atom. The van der Waals surface area contributed by atoms with Crippen molar-refractivity contribution in [1.29, 1.82) is 0 Å². The van der Waals surface area contributed by atoms with Gasteiger partial charge in [-0.2, -0.15) is 0 Å². The number of nitrogens with two attached hydrogens (primary N) is 1. The summed E-state index contributed by atoms with van der Waals surface area (Å²) >= 11 is 0. The lowest BCUT2D eigenvalue weighted by atomic mass is 9.65. The molecule has 2 aliphatic heterocycles. The van der Waals surface area contributed by atoms with Crippen LogP contribution in [-0.2, 0) is 9.53 Å². The van der Waals surface area contributed by atoms with Gasteiger partial charge in [-0.25, -0.2) is 0 Å². The molecule has 1 saturated carbocycles. The summed E-state index contributed by atoms with van der Waals surface area (Å²) in [4.78, 5) is 14.9. The van der Waals surface area contributed by atoms with Crippen LogP contribution in [0.25, 0.3) is 0 Å². The summed E-state index contributed by atoms with van der Waals surface area (Å²) in [7, 11) is 0. The third-order valence-electron chi connectivity index (χ3n) is 5.34. The van der Waals surface area contributed by atoms with E-state index in [9.17, 15) is 4.79 Å². The van der Waals surface area contributed by atoms with Crippen LogP contribution in [0.15, 0.2) is 0 Å². The quantitative estimate of drug-likeness (QED) is 0.841. The van der Waals surface area contributed by atoms with Crippen LogP contribution in [0.4, 0.5) is 0 Å². The molecule has 4 atom stereocenters. The van der Waals surface area contributed by atoms with E-state index in [1.54, 1.807) is 0 Å². The van der Waals surface area contributed by atoms with Crippen molar-refractivity contribution >= 4 is 5.91 Å². The molecule has 2 bridgehead atoms. The molecular weight excluding hydrogens is 252 g/mol. The number of rotatable bonds is 2. The zero-order chi connectivity index (χ0) is 14.5. The Kier molecular flexibility index (Phi) is 3.37. The fraction of sp³-hybridized carbons (Fsp3) is 0.938. The summed E-state index contributed by atoms with van der Waals surface area (Å²) in [6, 6.07) is 0.414. The summed E-state index contributed by atoms with van der Waals surface area (Å²) in [5, 5.41) is 0. The zero-order valence-electron chi connectivity index (χ0n) is 13.0. The maximum atomic E-state index is 12.8. The van der Waals surface area contributed by atoms with Crippen LogP contribution >= 0.6 is 0 Å². The van der Waals surface area contributed by atoms with E-state index in [-0.39, 0.29) is 18.1 Å². The molecule has 0 aromatic carbocycles. The number of carbonyl (C=O) groups is 1. The third kappa shape index (κ3) is 2.48. The summed E-state index contributed by atoms with van der Waals surface area (Å²) in [5.41, 5.74) is 6.29. The van der Waals surface area contributed by atoms with Crippen LogP contribution in [0.1, 0.15) is 52.9 Å². The third-order valence-corrected chi connectivity index (χ3v) is 5.34. The van der Waals surface area contributed by atoms with Gasteiger partial charge in [-0.05, 0) is 42.9 Å². The van der Waals surface area contributed by atoms with E-state index in [4.69, 9.17) is 10.5 Å². The van der Waals surface area contributed by atoms with Gasteiger partial charge < -0.3 is 15.4 Å². The SMILES string of the molecule is CC1(C)CC2CC(C)(CN2C(=O)[C@@H]2CC[C@H](CN)O2)C1. The van der Waals surface area contributed by atoms with Gasteiger partial charge in [0.2, 0.25) is 0 Å². The van der Waals surface area contributed by atoms with Crippen molar-refractivity contribution in [2.45, 2.75) is 71.1 Å². The van der Waals surface area contributed by atoms with Crippen LogP contribution in [0, 0.1) is 10.8 Å². The standard InChI is InChI=1S/C16H28N2O2/c1-15(2)6-11-7-16(3,9-15)10-18(11)14(19)13-5-4-12(8-17)20-13/h11-13H,4-10,17H2,1-3H3/t11?,12-,13+,16?/m1/s1. The average Bonchev–Trinajstić information content (AvgIpc) is 2.89. The molecule has 0 aromatic heterocycles. The monoisotopic (exact) mass is 280 g/mol. The summed E-state index contributed by atoms with van der Waals surface area (Å²) in [5.74, 6) is 0.215. The second-order valence-corrected chi connectivity index (χ2v) is 8.24. The molecule has 114 valence electrons. The Balaban J connectivity index is 1.71. The summed E-state index contributed by atoms with van der Waals surface area (Å²) in [6.07, 6.45) is 5.11. The highest BCUT2D eigenvalue weighted by Crippen LogP contribution is 2.52. The number of amides is 1. The van der Waals surface area contributed by atoms with E-state index in [0.29, 0.717) is 23.4 Å². The van der Waals surface area contributed by atoms with Crippen molar-refractivity contribution in [2.75, 3.05) is 13.1 Å². The Morgan fingerprint density at radius 1 is 1.30 bits per heavy atom. The molecule has 0 spiro atoms. The van der Waals surface area contributed by atoms with E-state index >= 15 is 0 Å². The molecule has 1 amide bonds. The number of nitrogens with zero attached hydrogens (tertiary/aromatic N) is 1. The Hall–Kier alpha value is -0.610. The molecule has 2 N–H and O–H groups in total. The van der Waals surface area contributed by atoms with E-state index in [0.717, 1.165) is 32.2 Å². The minimum Gasteiger partial charge on any atom is -0.364 e. The van der Waals surface area contributed by atoms with Gasteiger partial charge in [0.05, 0.1) is 6.10 Å². The first kappa shape index (κ1) is 14.3. The van der Waals surface area contributed by atoms with Gasteiger partial charge in [-0.15, -0.1) is 0 Å². The van der Waals surface area contributed by atoms with Gasteiger partial charge in [-0.3, -0.25) is 4.79 Å². The molecule has 2 unspecified atom stereocenters. The fourth-order valence-corrected chi connectivity index (χ4v) is 4.96. The Bertz CT molecular complexity index is 409. The minimum absolute atomic E-state index is 0.0814. The topological polar surface area (TPSA) is 55.6 Å². The van der Waals surface area contributed by atoms with Gasteiger partial charge >= 0.3 is 0 Å². The van der Waals surface area contributed by atoms with Crippen LogP contribution in [-0.4, -0.2) is 42.1 Å². The fourth-order valence-electron chi connectivity index (χ4n) is 4.96. The lowest BCUT2D eigenvalue weighted by Gasteiger charge is -2.39. The Morgan fingerprint density at radius 2 is 2.05 bits per heavy atom. The molecule has 0 aromatic rings. The molecule has 3 fully saturated rings. The van der Waals surface area contributed by atoms with Gasteiger partial charge in [-0.1, -0.05) is 20.8 Å². The second-order valence-electron chi connectivity index (χ2n) is 8.24. The smallest absolute Gasteiger partial charge is 0.251 e. The normalized spacial score (nSPS) is 43.0. The molecule has 2 saturated heterocycles. The first-order valence-electron chi connectivity index (χ1n) is 7.98. The van der Waals surface area contributed by atoms with Crippen molar-refractivity contribution in [1.82, 2.24) is 4.90 Å². The molecule has 1 aliphatic carbocycles. The number of fused-ring (bicyclic) bond motifs is 2. The molecule has 4 heteroatoms. The van der Waals surface area contributed by atoms with E-state index in [2.05, 4.69) is 25.7 Å². The maximum Gasteiger partial charge on any atom is 0.251 e. The van der Waals surface area contributed by atoms with Gasteiger partial charge in [0.15, 0.2) is 0 Å². The molecule has 2 heterocycles. The first-order chi connectivity index (χ1) is 9.32. The first-order valence-corrected chi connectivity index (χ1v) is 7.98. The van der Waals surface area contributed by atoms with Gasteiger partial charge in [0.25, 0.3) is 5.91 Å². The molecule has 0 radical (unpaired) electrons. The van der Waals surface area contributed by atoms with Gasteiger partial charge in [0.1, 0.15) is 6.10 Å². The lowest BCUT2D eigenvalue weighted by molar-refractivity contribution is -0.144. The van der Waals surface area contributed by atoms with E-state index in [1.807, 2.05) is 0 Å². The maximum absolute atomic E-state index is 12.8. The highest BCUT2D eigenvalue weighted by atomic mass is 16.5. The van der Waals surface area contributed by atoms with Crippen molar-refractivity contribution in [3.8, 4) is 0 Å². The second kappa shape index (κ2) is 4.70. The minimum atomic E-state index is -0.241. The number of carbonyl (C=O) groups excluding carboxylic acids is 1. The molecule has 20 heavy (non-hydrogen) atoms. The van der Waals surface area contributed by atoms with Crippen molar-refractivity contribution < 1.29 is 9.53 Å². The van der Waals surface area contributed by atoms with E-state index in [1.165, 1.54) is 6.42 Å². The Labute approximate surface area is 122 Å². The van der Waals surface area contributed by atoms with Crippen molar-refractivity contribution in [3.05, 3.63) is 0 Å². The predicted octanol–water partition coefficient (Wildman–Crippen LogP) is 1.92. The zero-order valence-corrected chi connectivity index (χ0v) is 13.0. The molecule has 3 aliphatic rings. The number of hydrogen-bond acceptors (Lipinski definition) is 3. The summed E-state index contributed by atoms with van der Waals surface area (Å²) < 4.78 is 5.80. The average molecular weight is 280 g/mol. The van der Waals surface area contributed by atoms with Gasteiger partial charge in [0, 0.05) is 19.1 Å². The number of ether oxygens (including phenoxy) is 1. The van der Waals surface area contributed by atoms with Crippen molar-refractivity contribution in [3.63, 3.8) is 0 Å². The van der Waals surface area contributed by atoms with Crippen LogP contribution in [0.3, 0.4) is 0 Å². The molecule has 4 nitrogen and oxygen atoms in total. The molecular formula is C16H28N2O2. The van der Waals surface area contributed by atoms with Crippen LogP contribution in [0.2, 0.25) is 0 Å². The highest BCUT2D eigenvalue weighted by molar-refractivity contribution is 5.82. The predicted molar refractivity (Wildman–Crippen MR) is 78.2 cm³/mol. The van der Waals surface area contributed by atoms with Crippen LogP contribution < -0.4 is 5.73 Å². The number of likely N-dealkylation sites (tertiary alicyclic amines) is 1. The largest absolute Gasteiger partial charge is 0.364 e. The lowest BCUT2D eigenvalue weighted by Crippen LogP contribution is -2.43. The highest BCUT2D eigenvalue weighted by Gasteiger charge is 2.52. The molecule has 3 rings (SSSR count). The van der Waals surface area contributed by atoms with E-state index < -0.39 is 0 Å². The van der Waals surface area contributed by atoms with Crippen molar-refractivity contribution in [2.24, 2.45) is 16.6 Å². The number of hydrogen-bond donors (Lipinski definition) is 1. The van der Waals surface area contributed by atoms with Crippen LogP contribution in [0.5, 0.6) is 0 Å².